The Kier molecular flexibility index (Phi) is 7.86. The minimum absolute atomic E-state index is 0.297. The number of hydrogen-bond acceptors (Lipinski definition) is 3. The summed E-state index contributed by atoms with van der Waals surface area (Å²) in [6, 6.07) is 67.2. The van der Waals surface area contributed by atoms with Gasteiger partial charge in [-0.05, 0) is 90.0 Å². The summed E-state index contributed by atoms with van der Waals surface area (Å²) in [6.07, 6.45) is 0. The summed E-state index contributed by atoms with van der Waals surface area (Å²) in [5, 5.41) is 1.41. The summed E-state index contributed by atoms with van der Waals surface area (Å²) >= 11 is 0. The fourth-order valence-corrected chi connectivity index (χ4v) is 12.2. The number of rotatable bonds is 5. The van der Waals surface area contributed by atoms with Crippen LogP contribution in [0, 0.1) is 0 Å². The Labute approximate surface area is 364 Å². The van der Waals surface area contributed by atoms with Crippen LogP contribution in [-0.2, 0) is 10.8 Å². The van der Waals surface area contributed by atoms with Gasteiger partial charge in [-0.15, -0.1) is 0 Å². The van der Waals surface area contributed by atoms with Crippen LogP contribution in [0.3, 0.4) is 0 Å². The number of hydrogen-bond donors (Lipinski definition) is 0. The summed E-state index contributed by atoms with van der Waals surface area (Å²) < 4.78 is 0. The third-order valence-electron chi connectivity index (χ3n) is 13.9. The first-order chi connectivity index (χ1) is 30.1. The van der Waals surface area contributed by atoms with E-state index in [2.05, 4.69) is 209 Å². The average Bonchev–Trinajstić information content (AvgIpc) is 3.87. The largest absolute Gasteiger partial charge is 0.208 e. The Morgan fingerprint density at radius 3 is 1.37 bits per heavy atom. The fraction of sp³-hybridized carbons (Fsp3) is 0.121. The molecule has 3 aliphatic carbocycles. The fourth-order valence-electron chi connectivity index (χ4n) is 11.1. The minimum Gasteiger partial charge on any atom is -0.208 e. The van der Waals surface area contributed by atoms with E-state index in [9.17, 15) is 0 Å². The number of benzene rings is 8. The molecular weight excluding hydrogens is 767 g/mol. The second-order valence-electron chi connectivity index (χ2n) is 18.7. The maximum atomic E-state index is 5.34. The highest BCUT2D eigenvalue weighted by Crippen LogP contribution is 2.63. The van der Waals surface area contributed by atoms with Crippen LogP contribution in [0.5, 0.6) is 0 Å². The molecule has 1 aromatic heterocycles. The monoisotopic (exact) mass is 811 g/mol. The predicted molar refractivity (Wildman–Crippen MR) is 258 cm³/mol. The molecule has 0 radical (unpaired) electrons. The van der Waals surface area contributed by atoms with Crippen molar-refractivity contribution in [3.05, 3.63) is 215 Å². The van der Waals surface area contributed by atoms with Gasteiger partial charge in [-0.1, -0.05) is 209 Å². The third kappa shape index (κ3) is 5.14. The van der Waals surface area contributed by atoms with Gasteiger partial charge in [-0.3, -0.25) is 0 Å². The Morgan fingerprint density at radius 1 is 0.355 bits per heavy atom. The Balaban J connectivity index is 1.10. The van der Waals surface area contributed by atoms with Gasteiger partial charge in [0, 0.05) is 22.1 Å². The number of fused-ring (bicyclic) bond motifs is 13. The highest BCUT2D eigenvalue weighted by atomic mass is 28.3. The van der Waals surface area contributed by atoms with Crippen molar-refractivity contribution in [2.75, 3.05) is 0 Å². The second-order valence-corrected chi connectivity index (χ2v) is 23.8. The summed E-state index contributed by atoms with van der Waals surface area (Å²) in [7, 11) is -1.49. The van der Waals surface area contributed by atoms with Crippen molar-refractivity contribution in [3.8, 4) is 78.7 Å². The first-order valence-electron chi connectivity index (χ1n) is 21.8. The highest BCUT2D eigenvalue weighted by molar-refractivity contribution is 6.88. The quantitative estimate of drug-likeness (QED) is 0.163. The molecule has 0 saturated carbocycles. The van der Waals surface area contributed by atoms with Gasteiger partial charge in [-0.25, -0.2) is 15.0 Å². The van der Waals surface area contributed by atoms with Gasteiger partial charge >= 0.3 is 0 Å². The van der Waals surface area contributed by atoms with Crippen molar-refractivity contribution in [3.63, 3.8) is 0 Å². The summed E-state index contributed by atoms with van der Waals surface area (Å²) in [5.41, 5.74) is 20.4. The third-order valence-corrected chi connectivity index (χ3v) is 16.0. The molecule has 0 aliphatic heterocycles. The van der Waals surface area contributed by atoms with Crippen molar-refractivity contribution < 1.29 is 0 Å². The standard InChI is InChI=1S/C58H45N3Si/c1-57(2)47-23-13-12-22-45(47)52-46(56-60-54(36-17-7-6-8-18-36)59-55(61-56)37-27-30-39(31-28-37)62(3,4)5)34-33-40(53(52)57)38-29-32-44-43-21-11-16-26-50(43)58(51(44)35-38)48-24-14-9-19-41(48)42-20-10-15-25-49(42)58/h6-35H,1-5H3. The van der Waals surface area contributed by atoms with Gasteiger partial charge < -0.3 is 0 Å². The van der Waals surface area contributed by atoms with E-state index in [1.54, 1.807) is 0 Å². The SMILES string of the molecule is CC1(C)c2ccccc2-c2c(-c3nc(-c4ccccc4)nc(-c4ccc([Si](C)(C)C)cc4)n3)ccc(-c3ccc4c(c3)C3(c5ccccc5-c5ccccc53)c3ccccc3-4)c21. The normalized spacial score (nSPS) is 14.5. The molecule has 0 N–H and O–H groups in total. The van der Waals surface area contributed by atoms with Crippen LogP contribution in [0.4, 0.5) is 0 Å². The predicted octanol–water partition coefficient (Wildman–Crippen LogP) is 13.7. The maximum absolute atomic E-state index is 5.34. The van der Waals surface area contributed by atoms with Crippen molar-refractivity contribution >= 4 is 13.3 Å². The van der Waals surface area contributed by atoms with E-state index in [-0.39, 0.29) is 5.41 Å². The van der Waals surface area contributed by atoms with E-state index >= 15 is 0 Å². The zero-order valence-corrected chi connectivity index (χ0v) is 36.7. The van der Waals surface area contributed by atoms with Crippen molar-refractivity contribution in [1.82, 2.24) is 15.0 Å². The molecule has 3 aliphatic rings. The van der Waals surface area contributed by atoms with Gasteiger partial charge in [0.1, 0.15) is 0 Å². The van der Waals surface area contributed by atoms with Crippen LogP contribution in [0.25, 0.3) is 78.7 Å². The topological polar surface area (TPSA) is 38.7 Å². The minimum atomic E-state index is -1.49. The van der Waals surface area contributed by atoms with Crippen LogP contribution >= 0.6 is 0 Å². The molecule has 1 heterocycles. The molecule has 0 fully saturated rings. The highest BCUT2D eigenvalue weighted by Gasteiger charge is 2.51. The molecule has 8 aromatic carbocycles. The Hall–Kier alpha value is -7.01. The molecule has 3 nitrogen and oxygen atoms in total. The van der Waals surface area contributed by atoms with Gasteiger partial charge in [-0.2, -0.15) is 0 Å². The molecule has 0 atom stereocenters. The van der Waals surface area contributed by atoms with E-state index in [0.717, 1.165) is 16.7 Å². The maximum Gasteiger partial charge on any atom is 0.164 e. The van der Waals surface area contributed by atoms with E-state index < -0.39 is 13.5 Å². The molecule has 0 amide bonds. The lowest BCUT2D eigenvalue weighted by atomic mass is 9.70. The first-order valence-corrected chi connectivity index (χ1v) is 25.3. The molecule has 9 aromatic rings. The number of nitrogens with zero attached hydrogens (tertiary/aromatic N) is 3. The molecule has 12 rings (SSSR count). The Morgan fingerprint density at radius 2 is 0.790 bits per heavy atom. The van der Waals surface area contributed by atoms with Crippen LogP contribution in [-0.4, -0.2) is 23.0 Å². The molecular formula is C58H45N3Si. The molecule has 62 heavy (non-hydrogen) atoms. The van der Waals surface area contributed by atoms with Crippen molar-refractivity contribution in [2.45, 2.75) is 44.3 Å². The van der Waals surface area contributed by atoms with Crippen LogP contribution < -0.4 is 5.19 Å². The molecule has 1 spiro atoms. The van der Waals surface area contributed by atoms with Crippen molar-refractivity contribution in [1.29, 1.82) is 0 Å². The smallest absolute Gasteiger partial charge is 0.164 e. The van der Waals surface area contributed by atoms with Gasteiger partial charge in [0.25, 0.3) is 0 Å². The molecule has 296 valence electrons. The van der Waals surface area contributed by atoms with E-state index in [0.29, 0.717) is 17.5 Å². The van der Waals surface area contributed by atoms with Crippen LogP contribution in [0.2, 0.25) is 19.6 Å². The molecule has 0 unspecified atom stereocenters. The van der Waals surface area contributed by atoms with E-state index in [1.165, 1.54) is 83.1 Å². The average molecular weight is 812 g/mol. The lowest BCUT2D eigenvalue weighted by molar-refractivity contribution is 0.662. The van der Waals surface area contributed by atoms with E-state index in [4.69, 9.17) is 15.0 Å². The zero-order chi connectivity index (χ0) is 42.0. The summed E-state index contributed by atoms with van der Waals surface area (Å²) in [5.74, 6) is 2.03. The van der Waals surface area contributed by atoms with Gasteiger partial charge in [0.05, 0.1) is 13.5 Å². The summed E-state index contributed by atoms with van der Waals surface area (Å²) in [6.45, 7) is 11.9. The van der Waals surface area contributed by atoms with Gasteiger partial charge in [0.2, 0.25) is 0 Å². The lowest BCUT2D eigenvalue weighted by Gasteiger charge is -2.31. The first kappa shape index (κ1) is 36.8. The molecule has 0 bridgehead atoms. The Bertz CT molecular complexity index is 3240. The molecule has 0 saturated heterocycles. The van der Waals surface area contributed by atoms with Crippen molar-refractivity contribution in [2.24, 2.45) is 0 Å². The number of aromatic nitrogens is 3. The lowest BCUT2D eigenvalue weighted by Crippen LogP contribution is -2.37. The summed E-state index contributed by atoms with van der Waals surface area (Å²) in [4.78, 5) is 15.8. The van der Waals surface area contributed by atoms with E-state index in [1.807, 2.05) is 6.07 Å². The second kappa shape index (κ2) is 13.2. The van der Waals surface area contributed by atoms with Gasteiger partial charge in [0.15, 0.2) is 17.5 Å². The van der Waals surface area contributed by atoms with Crippen LogP contribution in [0.15, 0.2) is 182 Å². The molecule has 4 heteroatoms. The van der Waals surface area contributed by atoms with Crippen LogP contribution in [0.1, 0.15) is 47.2 Å². The zero-order valence-electron chi connectivity index (χ0n) is 35.7.